The van der Waals surface area contributed by atoms with Crippen molar-refractivity contribution in [3.8, 4) is 0 Å². The molecular formula is C15H20BrN5O2. The highest BCUT2D eigenvalue weighted by molar-refractivity contribution is 9.10. The predicted octanol–water partition coefficient (Wildman–Crippen LogP) is 0.812. The number of halogens is 1. The minimum atomic E-state index is -0.611. The van der Waals surface area contributed by atoms with E-state index >= 15 is 0 Å². The minimum Gasteiger partial charge on any atom is -0.349 e. The van der Waals surface area contributed by atoms with Gasteiger partial charge < -0.3 is 20.8 Å². The Bertz CT molecular complexity index is 713. The van der Waals surface area contributed by atoms with E-state index in [1.54, 1.807) is 0 Å². The van der Waals surface area contributed by atoms with Gasteiger partial charge in [0, 0.05) is 16.9 Å². The number of rotatable bonds is 6. The highest BCUT2D eigenvalue weighted by Gasteiger charge is 2.17. The Balaban J connectivity index is 1.82. The first-order chi connectivity index (χ1) is 10.9. The van der Waals surface area contributed by atoms with E-state index in [9.17, 15) is 9.59 Å². The number of pyridine rings is 1. The number of amides is 2. The molecular weight excluding hydrogens is 362 g/mol. The van der Waals surface area contributed by atoms with Crippen molar-refractivity contribution in [3.63, 3.8) is 0 Å². The number of carbonyl (C=O) groups is 2. The summed E-state index contributed by atoms with van der Waals surface area (Å²) < 4.78 is 2.82. The van der Waals surface area contributed by atoms with E-state index in [2.05, 4.69) is 31.5 Å². The Morgan fingerprint density at radius 2 is 2.04 bits per heavy atom. The lowest BCUT2D eigenvalue weighted by Gasteiger charge is -2.14. The fourth-order valence-electron chi connectivity index (χ4n) is 1.94. The Morgan fingerprint density at radius 1 is 1.30 bits per heavy atom. The number of imidazole rings is 1. The lowest BCUT2D eigenvalue weighted by Crippen LogP contribution is -2.47. The van der Waals surface area contributed by atoms with Gasteiger partial charge in [0.1, 0.15) is 5.65 Å². The quantitative estimate of drug-likeness (QED) is 0.688. The molecule has 124 valence electrons. The maximum atomic E-state index is 11.8. The molecule has 0 aliphatic rings. The molecule has 2 aromatic heterocycles. The standard InChI is InChI=1S/C15H20BrN5O2/c1-9(2)14(17)15(23)19-6-13(22)18-5-11-8-21-7-10(16)3-4-12(21)20-11/h3-4,7-9,14H,5-6,17H2,1-2H3,(H,18,22)(H,19,23)/t14-/m0/s1. The number of nitrogens with zero attached hydrogens (tertiary/aromatic N) is 2. The largest absolute Gasteiger partial charge is 0.349 e. The zero-order valence-electron chi connectivity index (χ0n) is 13.0. The number of hydrogen-bond donors (Lipinski definition) is 3. The Kier molecular flexibility index (Phi) is 5.73. The second-order valence-electron chi connectivity index (χ2n) is 5.61. The van der Waals surface area contributed by atoms with Gasteiger partial charge in [-0.3, -0.25) is 9.59 Å². The van der Waals surface area contributed by atoms with Crippen LogP contribution in [0.1, 0.15) is 19.5 Å². The first-order valence-corrected chi connectivity index (χ1v) is 8.09. The van der Waals surface area contributed by atoms with Crippen LogP contribution in [0.15, 0.2) is 29.0 Å². The molecule has 8 heteroatoms. The molecule has 0 saturated heterocycles. The molecule has 2 amide bonds. The van der Waals surface area contributed by atoms with Crippen LogP contribution in [0, 0.1) is 5.92 Å². The van der Waals surface area contributed by atoms with Crippen LogP contribution in [0.5, 0.6) is 0 Å². The number of hydrogen-bond acceptors (Lipinski definition) is 4. The average molecular weight is 382 g/mol. The Hall–Kier alpha value is -1.93. The predicted molar refractivity (Wildman–Crippen MR) is 90.6 cm³/mol. The van der Waals surface area contributed by atoms with E-state index in [-0.39, 0.29) is 24.3 Å². The van der Waals surface area contributed by atoms with E-state index in [4.69, 9.17) is 5.73 Å². The second-order valence-corrected chi connectivity index (χ2v) is 6.53. The van der Waals surface area contributed by atoms with Gasteiger partial charge in [-0.05, 0) is 34.0 Å². The molecule has 0 bridgehead atoms. The van der Waals surface area contributed by atoms with E-state index in [1.165, 1.54) is 0 Å². The highest BCUT2D eigenvalue weighted by atomic mass is 79.9. The third-order valence-corrected chi connectivity index (χ3v) is 3.84. The molecule has 2 heterocycles. The summed E-state index contributed by atoms with van der Waals surface area (Å²) in [6.45, 7) is 3.90. The number of nitrogens with two attached hydrogens (primary N) is 1. The topological polar surface area (TPSA) is 102 Å². The zero-order chi connectivity index (χ0) is 17.0. The van der Waals surface area contributed by atoms with Crippen LogP contribution in [-0.4, -0.2) is 33.8 Å². The molecule has 0 aromatic carbocycles. The lowest BCUT2D eigenvalue weighted by atomic mass is 10.1. The molecule has 7 nitrogen and oxygen atoms in total. The maximum Gasteiger partial charge on any atom is 0.239 e. The molecule has 0 unspecified atom stereocenters. The molecule has 0 spiro atoms. The van der Waals surface area contributed by atoms with E-state index in [0.29, 0.717) is 6.54 Å². The summed E-state index contributed by atoms with van der Waals surface area (Å²) in [6, 6.07) is 3.17. The third-order valence-electron chi connectivity index (χ3n) is 3.38. The van der Waals surface area contributed by atoms with Crippen LogP contribution in [-0.2, 0) is 16.1 Å². The Labute approximate surface area is 142 Å². The van der Waals surface area contributed by atoms with Gasteiger partial charge in [0.25, 0.3) is 0 Å². The second kappa shape index (κ2) is 7.56. The van der Waals surface area contributed by atoms with Gasteiger partial charge in [0.2, 0.25) is 11.8 Å². The molecule has 23 heavy (non-hydrogen) atoms. The number of aromatic nitrogens is 2. The summed E-state index contributed by atoms with van der Waals surface area (Å²) in [7, 11) is 0. The number of nitrogens with one attached hydrogen (secondary N) is 2. The number of fused-ring (bicyclic) bond motifs is 1. The molecule has 0 aliphatic heterocycles. The van der Waals surface area contributed by atoms with E-state index in [1.807, 2.05) is 42.8 Å². The normalized spacial score (nSPS) is 12.4. The van der Waals surface area contributed by atoms with Crippen LogP contribution >= 0.6 is 15.9 Å². The van der Waals surface area contributed by atoms with Crippen molar-refractivity contribution in [1.29, 1.82) is 0 Å². The first-order valence-electron chi connectivity index (χ1n) is 7.30. The summed E-state index contributed by atoms with van der Waals surface area (Å²) in [6.07, 6.45) is 3.73. The summed E-state index contributed by atoms with van der Waals surface area (Å²) in [5.74, 6) is -0.587. The van der Waals surface area contributed by atoms with Gasteiger partial charge in [0.15, 0.2) is 0 Å². The summed E-state index contributed by atoms with van der Waals surface area (Å²) in [5, 5.41) is 5.24. The van der Waals surface area contributed by atoms with E-state index in [0.717, 1.165) is 15.8 Å². The molecule has 0 aliphatic carbocycles. The fraction of sp³-hybridized carbons (Fsp3) is 0.400. The van der Waals surface area contributed by atoms with Crippen molar-refractivity contribution in [2.45, 2.75) is 26.4 Å². The van der Waals surface area contributed by atoms with Crippen LogP contribution in [0.2, 0.25) is 0 Å². The summed E-state index contributed by atoms with van der Waals surface area (Å²) in [5.41, 5.74) is 7.24. The van der Waals surface area contributed by atoms with Gasteiger partial charge >= 0.3 is 0 Å². The van der Waals surface area contributed by atoms with Crippen molar-refractivity contribution >= 4 is 33.4 Å². The van der Waals surface area contributed by atoms with Gasteiger partial charge in [-0.1, -0.05) is 13.8 Å². The zero-order valence-corrected chi connectivity index (χ0v) is 14.6. The molecule has 1 atom stereocenters. The van der Waals surface area contributed by atoms with E-state index < -0.39 is 6.04 Å². The molecule has 0 fully saturated rings. The molecule has 2 aromatic rings. The SMILES string of the molecule is CC(C)[C@H](N)C(=O)NCC(=O)NCc1cn2cc(Br)ccc2n1. The summed E-state index contributed by atoms with van der Waals surface area (Å²) in [4.78, 5) is 27.8. The highest BCUT2D eigenvalue weighted by Crippen LogP contribution is 2.12. The Morgan fingerprint density at radius 3 is 2.74 bits per heavy atom. The lowest BCUT2D eigenvalue weighted by molar-refractivity contribution is -0.127. The van der Waals surface area contributed by atoms with Gasteiger partial charge in [0.05, 0.1) is 24.8 Å². The van der Waals surface area contributed by atoms with Crippen LogP contribution in [0.3, 0.4) is 0 Å². The van der Waals surface area contributed by atoms with Crippen LogP contribution in [0.4, 0.5) is 0 Å². The van der Waals surface area contributed by atoms with Crippen molar-refractivity contribution in [3.05, 3.63) is 34.7 Å². The van der Waals surface area contributed by atoms with Crippen molar-refractivity contribution in [2.75, 3.05) is 6.54 Å². The van der Waals surface area contributed by atoms with Crippen molar-refractivity contribution in [1.82, 2.24) is 20.0 Å². The smallest absolute Gasteiger partial charge is 0.239 e. The first kappa shape index (κ1) is 17.4. The third kappa shape index (κ3) is 4.77. The number of carbonyl (C=O) groups excluding carboxylic acids is 2. The van der Waals surface area contributed by atoms with Crippen LogP contribution in [0.25, 0.3) is 5.65 Å². The van der Waals surface area contributed by atoms with Crippen molar-refractivity contribution in [2.24, 2.45) is 11.7 Å². The molecule has 0 saturated carbocycles. The summed E-state index contributed by atoms with van der Waals surface area (Å²) >= 11 is 3.39. The average Bonchev–Trinajstić information content (AvgIpc) is 2.91. The van der Waals surface area contributed by atoms with Crippen LogP contribution < -0.4 is 16.4 Å². The fourth-order valence-corrected chi connectivity index (χ4v) is 2.29. The van der Waals surface area contributed by atoms with Gasteiger partial charge in [-0.25, -0.2) is 4.98 Å². The molecule has 0 radical (unpaired) electrons. The molecule has 2 rings (SSSR count). The van der Waals surface area contributed by atoms with Crippen molar-refractivity contribution < 1.29 is 9.59 Å². The monoisotopic (exact) mass is 381 g/mol. The van der Waals surface area contributed by atoms with Gasteiger partial charge in [-0.15, -0.1) is 0 Å². The van der Waals surface area contributed by atoms with Gasteiger partial charge in [-0.2, -0.15) is 0 Å². The molecule has 4 N–H and O–H groups in total. The maximum absolute atomic E-state index is 11.8. The minimum absolute atomic E-state index is 0.0235.